The maximum Gasteiger partial charge on any atom is 0.253 e. The first-order valence-electron chi connectivity index (χ1n) is 6.41. The van der Waals surface area contributed by atoms with Gasteiger partial charge in [-0.15, -0.1) is 0 Å². The van der Waals surface area contributed by atoms with E-state index in [-0.39, 0.29) is 5.91 Å². The Bertz CT molecular complexity index is 422. The van der Waals surface area contributed by atoms with Crippen LogP contribution in [0.15, 0.2) is 22.7 Å². The van der Waals surface area contributed by atoms with E-state index in [4.69, 9.17) is 10.5 Å². The Morgan fingerprint density at radius 3 is 2.79 bits per heavy atom. The molecular formula is C14H21BrN2O2. The number of benzene rings is 1. The molecule has 1 amide bonds. The van der Waals surface area contributed by atoms with Crippen molar-refractivity contribution in [1.82, 2.24) is 5.32 Å². The van der Waals surface area contributed by atoms with Gasteiger partial charge >= 0.3 is 0 Å². The molecule has 0 heterocycles. The molecule has 4 nitrogen and oxygen atoms in total. The average molecular weight is 329 g/mol. The lowest BCUT2D eigenvalue weighted by Crippen LogP contribution is -2.28. The van der Waals surface area contributed by atoms with Gasteiger partial charge in [-0.25, -0.2) is 0 Å². The molecule has 3 N–H and O–H groups in total. The number of nitrogens with one attached hydrogen (secondary N) is 1. The summed E-state index contributed by atoms with van der Waals surface area (Å²) in [6.07, 6.45) is 1.04. The lowest BCUT2D eigenvalue weighted by atomic mass is 10.1. The fraction of sp³-hybridized carbons (Fsp3) is 0.500. The Kier molecular flexibility index (Phi) is 6.87. The molecular weight excluding hydrogens is 308 g/mol. The lowest BCUT2D eigenvalue weighted by Gasteiger charge is -2.09. The highest BCUT2D eigenvalue weighted by Gasteiger charge is 2.08. The number of nitrogen functional groups attached to an aromatic ring is 1. The smallest absolute Gasteiger partial charge is 0.253 e. The molecule has 1 aromatic carbocycles. The van der Waals surface area contributed by atoms with Crippen LogP contribution in [-0.4, -0.2) is 25.7 Å². The van der Waals surface area contributed by atoms with E-state index in [0.717, 1.165) is 17.5 Å². The minimum absolute atomic E-state index is 0.169. The van der Waals surface area contributed by atoms with Crippen molar-refractivity contribution in [3.8, 4) is 0 Å². The minimum atomic E-state index is -0.169. The summed E-state index contributed by atoms with van der Waals surface area (Å²) in [4.78, 5) is 11.9. The molecule has 1 aromatic rings. The number of rotatable bonds is 7. The molecule has 0 unspecified atom stereocenters. The average Bonchev–Trinajstić information content (AvgIpc) is 2.32. The molecule has 0 aliphatic carbocycles. The number of hydrogen-bond donors (Lipinski definition) is 2. The van der Waals surface area contributed by atoms with Crippen LogP contribution in [0.2, 0.25) is 0 Å². The van der Waals surface area contributed by atoms with Crippen molar-refractivity contribution < 1.29 is 9.53 Å². The van der Waals surface area contributed by atoms with Gasteiger partial charge in [-0.3, -0.25) is 4.79 Å². The normalized spacial score (nSPS) is 10.7. The molecule has 0 aliphatic rings. The van der Waals surface area contributed by atoms with Crippen LogP contribution in [0.5, 0.6) is 0 Å². The van der Waals surface area contributed by atoms with Gasteiger partial charge in [-0.05, 0) is 30.5 Å². The van der Waals surface area contributed by atoms with E-state index in [0.29, 0.717) is 30.3 Å². The summed E-state index contributed by atoms with van der Waals surface area (Å²) < 4.78 is 6.29. The molecule has 0 fully saturated rings. The van der Waals surface area contributed by atoms with Crippen LogP contribution in [0, 0.1) is 5.92 Å². The van der Waals surface area contributed by atoms with E-state index in [9.17, 15) is 4.79 Å². The predicted molar refractivity (Wildman–Crippen MR) is 81.2 cm³/mol. The van der Waals surface area contributed by atoms with Crippen molar-refractivity contribution in [1.29, 1.82) is 0 Å². The van der Waals surface area contributed by atoms with Crippen LogP contribution in [0.25, 0.3) is 0 Å². The van der Waals surface area contributed by atoms with Crippen LogP contribution in [0.3, 0.4) is 0 Å². The number of halogens is 1. The van der Waals surface area contributed by atoms with Gasteiger partial charge in [0, 0.05) is 23.3 Å². The predicted octanol–water partition coefficient (Wildman–Crippen LogP) is 2.82. The standard InChI is InChI=1S/C14H21BrN2O2/c1-10(2)5-7-19-8-6-17-14(18)12-4-3-11(15)9-13(12)16/h3-4,9-10H,5-8,16H2,1-2H3,(H,17,18). The van der Waals surface area contributed by atoms with Gasteiger partial charge < -0.3 is 15.8 Å². The second-order valence-corrected chi connectivity index (χ2v) is 5.70. The van der Waals surface area contributed by atoms with E-state index < -0.39 is 0 Å². The van der Waals surface area contributed by atoms with Crippen molar-refractivity contribution in [2.45, 2.75) is 20.3 Å². The Morgan fingerprint density at radius 1 is 1.42 bits per heavy atom. The fourth-order valence-corrected chi connectivity index (χ4v) is 1.87. The first kappa shape index (κ1) is 16.0. The molecule has 0 aromatic heterocycles. The zero-order valence-electron chi connectivity index (χ0n) is 11.4. The molecule has 0 saturated heterocycles. The van der Waals surface area contributed by atoms with Crippen LogP contribution in [0.1, 0.15) is 30.6 Å². The van der Waals surface area contributed by atoms with Crippen molar-refractivity contribution >= 4 is 27.5 Å². The van der Waals surface area contributed by atoms with Gasteiger partial charge in [-0.2, -0.15) is 0 Å². The SMILES string of the molecule is CC(C)CCOCCNC(=O)c1ccc(Br)cc1N. The molecule has 1 rings (SSSR count). The maximum absolute atomic E-state index is 11.9. The summed E-state index contributed by atoms with van der Waals surface area (Å²) in [6, 6.07) is 5.22. The molecule has 106 valence electrons. The Morgan fingerprint density at radius 2 is 2.16 bits per heavy atom. The summed E-state index contributed by atoms with van der Waals surface area (Å²) in [5.41, 5.74) is 6.74. The van der Waals surface area contributed by atoms with Crippen molar-refractivity contribution in [3.05, 3.63) is 28.2 Å². The number of anilines is 1. The summed E-state index contributed by atoms with van der Waals surface area (Å²) in [6.45, 7) is 6.05. The second kappa shape index (κ2) is 8.17. The zero-order valence-corrected chi connectivity index (χ0v) is 13.0. The van der Waals surface area contributed by atoms with Gasteiger partial charge in [0.2, 0.25) is 0 Å². The molecule has 0 atom stereocenters. The van der Waals surface area contributed by atoms with Crippen LogP contribution < -0.4 is 11.1 Å². The molecule has 19 heavy (non-hydrogen) atoms. The van der Waals surface area contributed by atoms with E-state index in [2.05, 4.69) is 35.1 Å². The van der Waals surface area contributed by atoms with Crippen molar-refractivity contribution in [3.63, 3.8) is 0 Å². The number of ether oxygens (including phenoxy) is 1. The van der Waals surface area contributed by atoms with Crippen molar-refractivity contribution in [2.75, 3.05) is 25.5 Å². The third-order valence-electron chi connectivity index (χ3n) is 2.63. The first-order chi connectivity index (χ1) is 9.00. The Hall–Kier alpha value is -1.07. The van der Waals surface area contributed by atoms with E-state index in [1.807, 2.05) is 0 Å². The molecule has 0 saturated carbocycles. The van der Waals surface area contributed by atoms with Crippen LogP contribution in [-0.2, 0) is 4.74 Å². The van der Waals surface area contributed by atoms with Crippen molar-refractivity contribution in [2.24, 2.45) is 5.92 Å². The van der Waals surface area contributed by atoms with Crippen LogP contribution >= 0.6 is 15.9 Å². The summed E-state index contributed by atoms with van der Waals surface area (Å²) in [7, 11) is 0. The van der Waals surface area contributed by atoms with E-state index in [1.165, 1.54) is 0 Å². The van der Waals surface area contributed by atoms with Gasteiger partial charge in [0.25, 0.3) is 5.91 Å². The minimum Gasteiger partial charge on any atom is -0.398 e. The highest BCUT2D eigenvalue weighted by atomic mass is 79.9. The molecule has 0 bridgehead atoms. The molecule has 0 radical (unpaired) electrons. The van der Waals surface area contributed by atoms with Gasteiger partial charge in [-0.1, -0.05) is 29.8 Å². The largest absolute Gasteiger partial charge is 0.398 e. The third kappa shape index (κ3) is 6.07. The quantitative estimate of drug-likeness (QED) is 0.597. The number of carbonyl (C=O) groups excluding carboxylic acids is 1. The van der Waals surface area contributed by atoms with E-state index in [1.54, 1.807) is 18.2 Å². The van der Waals surface area contributed by atoms with Gasteiger partial charge in [0.15, 0.2) is 0 Å². The maximum atomic E-state index is 11.9. The molecule has 0 aliphatic heterocycles. The first-order valence-corrected chi connectivity index (χ1v) is 7.21. The monoisotopic (exact) mass is 328 g/mol. The molecule has 5 heteroatoms. The second-order valence-electron chi connectivity index (χ2n) is 4.78. The fourth-order valence-electron chi connectivity index (χ4n) is 1.49. The summed E-state index contributed by atoms with van der Waals surface area (Å²) in [5, 5.41) is 2.79. The molecule has 0 spiro atoms. The van der Waals surface area contributed by atoms with Gasteiger partial charge in [0.1, 0.15) is 0 Å². The summed E-state index contributed by atoms with van der Waals surface area (Å²) >= 11 is 3.31. The van der Waals surface area contributed by atoms with E-state index >= 15 is 0 Å². The lowest BCUT2D eigenvalue weighted by molar-refractivity contribution is 0.0906. The van der Waals surface area contributed by atoms with Gasteiger partial charge in [0.05, 0.1) is 12.2 Å². The zero-order chi connectivity index (χ0) is 14.3. The third-order valence-corrected chi connectivity index (χ3v) is 3.12. The highest BCUT2D eigenvalue weighted by molar-refractivity contribution is 9.10. The number of amides is 1. The number of carbonyl (C=O) groups is 1. The highest BCUT2D eigenvalue weighted by Crippen LogP contribution is 2.18. The number of nitrogens with two attached hydrogens (primary N) is 1. The number of hydrogen-bond acceptors (Lipinski definition) is 3. The topological polar surface area (TPSA) is 64.3 Å². The Labute approximate surface area is 122 Å². The van der Waals surface area contributed by atoms with Crippen LogP contribution in [0.4, 0.5) is 5.69 Å². The Balaban J connectivity index is 2.28. The summed E-state index contributed by atoms with van der Waals surface area (Å²) in [5.74, 6) is 0.467.